The number of carbonyl (C=O) groups is 1. The van der Waals surface area contributed by atoms with E-state index in [0.29, 0.717) is 20.6 Å². The van der Waals surface area contributed by atoms with Gasteiger partial charge in [0.05, 0.1) is 11.1 Å². The van der Waals surface area contributed by atoms with Gasteiger partial charge >= 0.3 is 0 Å². The number of Topliss-reactive ketones (excluding diaryl/α,β-unsaturated/α-hetero) is 1. The number of hydrogen-bond donors (Lipinski definition) is 0. The summed E-state index contributed by atoms with van der Waals surface area (Å²) in [7, 11) is 0. The Hall–Kier alpha value is -1.70. The first-order valence-electron chi connectivity index (χ1n) is 5.42. The fraction of sp³-hybridized carbons (Fsp3) is 0.0714. The molecule has 19 heavy (non-hydrogen) atoms. The number of halogens is 2. The second-order valence-electron chi connectivity index (χ2n) is 3.84. The summed E-state index contributed by atoms with van der Waals surface area (Å²) >= 11 is 9.22. The summed E-state index contributed by atoms with van der Waals surface area (Å²) in [5.74, 6) is -1.16. The minimum atomic E-state index is -0.869. The number of benzene rings is 1. The van der Waals surface area contributed by atoms with Crippen LogP contribution in [0.15, 0.2) is 47.2 Å². The summed E-state index contributed by atoms with van der Waals surface area (Å²) in [6.45, 7) is 0. The Morgan fingerprint density at radius 1 is 1.42 bits per heavy atom. The van der Waals surface area contributed by atoms with Crippen molar-refractivity contribution in [1.82, 2.24) is 4.98 Å². The van der Waals surface area contributed by atoms with Crippen LogP contribution in [-0.4, -0.2) is 10.8 Å². The highest BCUT2D eigenvalue weighted by Gasteiger charge is 2.22. The van der Waals surface area contributed by atoms with Gasteiger partial charge in [0.25, 0.3) is 0 Å². The Bertz CT molecular complexity index is 652. The number of pyridine rings is 1. The van der Waals surface area contributed by atoms with Crippen LogP contribution in [0.1, 0.15) is 21.8 Å². The molecule has 0 fully saturated rings. The molecule has 2 rings (SSSR count). The fourth-order valence-corrected chi connectivity index (χ4v) is 2.07. The van der Waals surface area contributed by atoms with Crippen molar-refractivity contribution >= 4 is 33.3 Å². The standard InChI is InChI=1S/C14H8BrClN2O/c15-12-4-3-9(6-13(12)16)14(19)11(7-17)10-2-1-5-18-8-10/h1-6,8,11H. The van der Waals surface area contributed by atoms with E-state index in [1.807, 2.05) is 6.07 Å². The minimum Gasteiger partial charge on any atom is -0.292 e. The van der Waals surface area contributed by atoms with Crippen LogP contribution in [0, 0.1) is 11.3 Å². The summed E-state index contributed by atoms with van der Waals surface area (Å²) in [6, 6.07) is 10.3. The number of nitriles is 1. The lowest BCUT2D eigenvalue weighted by molar-refractivity contribution is 0.0978. The van der Waals surface area contributed by atoms with Crippen molar-refractivity contribution in [2.45, 2.75) is 5.92 Å². The van der Waals surface area contributed by atoms with E-state index in [9.17, 15) is 10.1 Å². The highest BCUT2D eigenvalue weighted by atomic mass is 79.9. The molecule has 1 atom stereocenters. The van der Waals surface area contributed by atoms with Gasteiger partial charge in [-0.3, -0.25) is 9.78 Å². The molecule has 0 aliphatic heterocycles. The number of aromatic nitrogens is 1. The molecule has 0 radical (unpaired) electrons. The average molecular weight is 336 g/mol. The van der Waals surface area contributed by atoms with Gasteiger partial charge in [0, 0.05) is 22.4 Å². The van der Waals surface area contributed by atoms with Crippen LogP contribution in [0.3, 0.4) is 0 Å². The Kier molecular flexibility index (Phi) is 4.31. The lowest BCUT2D eigenvalue weighted by Crippen LogP contribution is -2.11. The Morgan fingerprint density at radius 2 is 2.21 bits per heavy atom. The van der Waals surface area contributed by atoms with E-state index in [1.165, 1.54) is 6.20 Å². The molecule has 5 heteroatoms. The van der Waals surface area contributed by atoms with E-state index < -0.39 is 5.92 Å². The van der Waals surface area contributed by atoms with Gasteiger partial charge in [-0.15, -0.1) is 0 Å². The molecule has 1 unspecified atom stereocenters. The third-order valence-electron chi connectivity index (χ3n) is 2.61. The zero-order valence-corrected chi connectivity index (χ0v) is 12.0. The maximum atomic E-state index is 12.3. The molecule has 94 valence electrons. The van der Waals surface area contributed by atoms with Gasteiger partial charge in [-0.2, -0.15) is 5.26 Å². The maximum Gasteiger partial charge on any atom is 0.184 e. The highest BCUT2D eigenvalue weighted by molar-refractivity contribution is 9.10. The summed E-state index contributed by atoms with van der Waals surface area (Å²) in [4.78, 5) is 16.2. The van der Waals surface area contributed by atoms with Crippen molar-refractivity contribution in [3.63, 3.8) is 0 Å². The number of rotatable bonds is 3. The molecule has 0 bridgehead atoms. The molecule has 1 heterocycles. The minimum absolute atomic E-state index is 0.287. The van der Waals surface area contributed by atoms with Gasteiger partial charge in [0.2, 0.25) is 0 Å². The average Bonchev–Trinajstić information content (AvgIpc) is 2.44. The first kappa shape index (κ1) is 13.7. The molecule has 3 nitrogen and oxygen atoms in total. The van der Waals surface area contributed by atoms with Crippen molar-refractivity contribution in [3.05, 3.63) is 63.3 Å². The van der Waals surface area contributed by atoms with Gasteiger partial charge in [-0.05, 0) is 39.7 Å². The molecule has 1 aromatic carbocycles. The number of nitrogens with zero attached hydrogens (tertiary/aromatic N) is 2. The third-order valence-corrected chi connectivity index (χ3v) is 3.85. The largest absolute Gasteiger partial charge is 0.292 e. The van der Waals surface area contributed by atoms with E-state index in [4.69, 9.17) is 11.6 Å². The van der Waals surface area contributed by atoms with E-state index >= 15 is 0 Å². The van der Waals surface area contributed by atoms with Crippen LogP contribution in [0.2, 0.25) is 5.02 Å². The van der Waals surface area contributed by atoms with Crippen molar-refractivity contribution < 1.29 is 4.79 Å². The molecule has 0 aliphatic carbocycles. The fourth-order valence-electron chi connectivity index (χ4n) is 1.65. The monoisotopic (exact) mass is 334 g/mol. The van der Waals surface area contributed by atoms with Gasteiger partial charge in [-0.1, -0.05) is 23.7 Å². The molecular formula is C14H8BrClN2O. The molecule has 2 aromatic rings. The second kappa shape index (κ2) is 5.96. The first-order chi connectivity index (χ1) is 9.13. The van der Waals surface area contributed by atoms with E-state index in [1.54, 1.807) is 36.5 Å². The molecule has 0 spiro atoms. The Morgan fingerprint density at radius 3 is 2.79 bits per heavy atom. The lowest BCUT2D eigenvalue weighted by Gasteiger charge is -2.08. The quantitative estimate of drug-likeness (QED) is 0.797. The van der Waals surface area contributed by atoms with E-state index in [2.05, 4.69) is 20.9 Å². The molecule has 0 saturated heterocycles. The number of hydrogen-bond acceptors (Lipinski definition) is 3. The van der Waals surface area contributed by atoms with Gasteiger partial charge in [0.15, 0.2) is 5.78 Å². The Balaban J connectivity index is 2.37. The molecular weight excluding hydrogens is 328 g/mol. The molecule has 0 saturated carbocycles. The third kappa shape index (κ3) is 3.01. The predicted octanol–water partition coefficient (Wildman–Crippen LogP) is 3.99. The zero-order valence-electron chi connectivity index (χ0n) is 9.68. The van der Waals surface area contributed by atoms with Gasteiger partial charge < -0.3 is 0 Å². The normalized spacial score (nSPS) is 11.6. The number of ketones is 1. The van der Waals surface area contributed by atoms with Crippen molar-refractivity contribution in [3.8, 4) is 6.07 Å². The van der Waals surface area contributed by atoms with Crippen molar-refractivity contribution in [2.75, 3.05) is 0 Å². The van der Waals surface area contributed by atoms with Crippen LogP contribution in [0.25, 0.3) is 0 Å². The van der Waals surface area contributed by atoms with Crippen LogP contribution in [0.5, 0.6) is 0 Å². The van der Waals surface area contributed by atoms with Crippen LogP contribution < -0.4 is 0 Å². The van der Waals surface area contributed by atoms with Gasteiger partial charge in [0.1, 0.15) is 5.92 Å². The van der Waals surface area contributed by atoms with Crippen LogP contribution in [0.4, 0.5) is 0 Å². The van der Waals surface area contributed by atoms with Gasteiger partial charge in [-0.25, -0.2) is 0 Å². The van der Waals surface area contributed by atoms with Crippen LogP contribution >= 0.6 is 27.5 Å². The molecule has 0 amide bonds. The van der Waals surface area contributed by atoms with Crippen molar-refractivity contribution in [1.29, 1.82) is 5.26 Å². The summed E-state index contributed by atoms with van der Waals surface area (Å²) < 4.78 is 0.709. The van der Waals surface area contributed by atoms with E-state index in [0.717, 1.165) is 0 Å². The summed E-state index contributed by atoms with van der Waals surface area (Å²) in [6.07, 6.45) is 3.12. The second-order valence-corrected chi connectivity index (χ2v) is 5.10. The molecule has 0 aliphatic rings. The summed E-state index contributed by atoms with van der Waals surface area (Å²) in [5.41, 5.74) is 0.984. The Labute approximate surface area is 124 Å². The predicted molar refractivity (Wildman–Crippen MR) is 76.1 cm³/mol. The smallest absolute Gasteiger partial charge is 0.184 e. The zero-order chi connectivity index (χ0) is 13.8. The SMILES string of the molecule is N#CC(C(=O)c1ccc(Br)c(Cl)c1)c1cccnc1. The maximum absolute atomic E-state index is 12.3. The van der Waals surface area contributed by atoms with Crippen LogP contribution in [-0.2, 0) is 0 Å². The summed E-state index contributed by atoms with van der Waals surface area (Å²) in [5, 5.41) is 9.63. The highest BCUT2D eigenvalue weighted by Crippen LogP contribution is 2.26. The first-order valence-corrected chi connectivity index (χ1v) is 6.59. The number of carbonyl (C=O) groups excluding carboxylic acids is 1. The van der Waals surface area contributed by atoms with E-state index in [-0.39, 0.29) is 5.78 Å². The lowest BCUT2D eigenvalue weighted by atomic mass is 9.93. The topological polar surface area (TPSA) is 53.8 Å². The van der Waals surface area contributed by atoms with Crippen molar-refractivity contribution in [2.24, 2.45) is 0 Å². The molecule has 1 aromatic heterocycles. The molecule has 0 N–H and O–H groups in total.